The third-order valence-corrected chi connectivity index (χ3v) is 3.36. The van der Waals surface area contributed by atoms with E-state index in [2.05, 4.69) is 30.9 Å². The molecule has 2 atom stereocenters. The highest BCUT2D eigenvalue weighted by Gasteiger charge is 2.23. The third kappa shape index (κ3) is 1.62. The normalized spacial score (nSPS) is 35.3. The Bertz CT molecular complexity index is 75.0. The summed E-state index contributed by atoms with van der Waals surface area (Å²) in [5, 5.41) is 4.35. The third-order valence-electron chi connectivity index (χ3n) is 1.93. The van der Waals surface area contributed by atoms with Crippen LogP contribution >= 0.6 is 11.8 Å². The molecule has 1 N–H and O–H groups in total. The fraction of sp³-hybridized carbons (Fsp3) is 1.00. The maximum absolute atomic E-state index is 3.47. The van der Waals surface area contributed by atoms with Gasteiger partial charge in [0, 0.05) is 17.2 Å². The quantitative estimate of drug-likeness (QED) is 0.636. The van der Waals surface area contributed by atoms with Gasteiger partial charge in [0.1, 0.15) is 0 Å². The molecule has 54 valence electrons. The van der Waals surface area contributed by atoms with Crippen molar-refractivity contribution in [2.45, 2.75) is 38.0 Å². The number of nitrogens with one attached hydrogen (secondary N) is 1. The van der Waals surface area contributed by atoms with Gasteiger partial charge in [0.15, 0.2) is 0 Å². The van der Waals surface area contributed by atoms with E-state index in [0.717, 1.165) is 17.2 Å². The van der Waals surface area contributed by atoms with Crippen LogP contribution in [-0.4, -0.2) is 17.2 Å². The summed E-state index contributed by atoms with van der Waals surface area (Å²) in [5.74, 6) is 1.16. The molecule has 0 bridgehead atoms. The van der Waals surface area contributed by atoms with Gasteiger partial charge < -0.3 is 5.32 Å². The topological polar surface area (TPSA) is 12.0 Å². The lowest BCUT2D eigenvalue weighted by Crippen LogP contribution is -2.28. The summed E-state index contributed by atoms with van der Waals surface area (Å²) in [4.78, 5) is 0. The zero-order valence-electron chi connectivity index (χ0n) is 6.18. The first-order valence-electron chi connectivity index (χ1n) is 3.73. The average Bonchev–Trinajstić information content (AvgIpc) is 2.33. The first-order valence-corrected chi connectivity index (χ1v) is 4.78. The maximum Gasteiger partial charge on any atom is 0.0423 e. The fourth-order valence-corrected chi connectivity index (χ4v) is 2.60. The Hall–Kier alpha value is 0.310. The lowest BCUT2D eigenvalue weighted by atomic mass is 10.1. The predicted molar refractivity (Wildman–Crippen MR) is 43.8 cm³/mol. The van der Waals surface area contributed by atoms with E-state index < -0.39 is 0 Å². The molecule has 1 aliphatic heterocycles. The summed E-state index contributed by atoms with van der Waals surface area (Å²) in [6, 6.07) is 0.792. The van der Waals surface area contributed by atoms with E-state index >= 15 is 0 Å². The van der Waals surface area contributed by atoms with Crippen molar-refractivity contribution in [3.05, 3.63) is 0 Å². The van der Waals surface area contributed by atoms with Crippen molar-refractivity contribution in [3.8, 4) is 0 Å². The number of thioether (sulfide) groups is 1. The molecule has 0 spiro atoms. The van der Waals surface area contributed by atoms with Crippen molar-refractivity contribution in [2.75, 3.05) is 5.88 Å². The zero-order valence-corrected chi connectivity index (χ0v) is 7.00. The lowest BCUT2D eigenvalue weighted by Gasteiger charge is -2.13. The molecule has 1 nitrogen and oxygen atoms in total. The van der Waals surface area contributed by atoms with Crippen LogP contribution in [0.25, 0.3) is 0 Å². The van der Waals surface area contributed by atoms with Gasteiger partial charge in [-0.05, 0) is 12.8 Å². The minimum absolute atomic E-state index is 0.792. The minimum Gasteiger partial charge on any atom is -0.304 e. The Morgan fingerprint density at radius 1 is 1.44 bits per heavy atom. The van der Waals surface area contributed by atoms with Crippen LogP contribution in [0, 0.1) is 0 Å². The van der Waals surface area contributed by atoms with Crippen molar-refractivity contribution >= 4 is 11.8 Å². The highest BCUT2D eigenvalue weighted by molar-refractivity contribution is 8.00. The van der Waals surface area contributed by atoms with Gasteiger partial charge in [0.2, 0.25) is 0 Å². The van der Waals surface area contributed by atoms with Gasteiger partial charge in [-0.2, -0.15) is 0 Å². The van der Waals surface area contributed by atoms with E-state index in [1.807, 2.05) is 0 Å². The predicted octanol–water partition coefficient (Wildman–Crippen LogP) is 1.84. The summed E-state index contributed by atoms with van der Waals surface area (Å²) in [7, 11) is 0. The van der Waals surface area contributed by atoms with Crippen LogP contribution < -0.4 is 5.32 Å². The second kappa shape index (κ2) is 3.47. The monoisotopic (exact) mass is 145 g/mol. The van der Waals surface area contributed by atoms with Gasteiger partial charge in [-0.3, -0.25) is 0 Å². The Kier molecular flexibility index (Phi) is 2.86. The van der Waals surface area contributed by atoms with Crippen LogP contribution in [0.2, 0.25) is 0 Å². The van der Waals surface area contributed by atoms with Gasteiger partial charge in [0.05, 0.1) is 0 Å². The van der Waals surface area contributed by atoms with Crippen LogP contribution in [-0.2, 0) is 0 Å². The standard InChI is InChI=1S/C7H15NS/c1-3-6-7(4-2)9-5-8-6/h6-8H,3-5H2,1-2H3/t6-,7+/m0/s1. The molecule has 1 rings (SSSR count). The zero-order chi connectivity index (χ0) is 6.69. The maximum atomic E-state index is 3.47. The second-order valence-electron chi connectivity index (χ2n) is 2.48. The largest absolute Gasteiger partial charge is 0.304 e. The first-order chi connectivity index (χ1) is 4.38. The molecule has 9 heavy (non-hydrogen) atoms. The summed E-state index contributed by atoms with van der Waals surface area (Å²) >= 11 is 2.06. The molecule has 1 fully saturated rings. The molecule has 0 radical (unpaired) electrons. The van der Waals surface area contributed by atoms with E-state index in [4.69, 9.17) is 0 Å². The summed E-state index contributed by atoms with van der Waals surface area (Å²) in [5.41, 5.74) is 0. The first kappa shape index (κ1) is 7.42. The molecule has 0 aromatic carbocycles. The van der Waals surface area contributed by atoms with Crippen molar-refractivity contribution < 1.29 is 0 Å². The van der Waals surface area contributed by atoms with E-state index in [9.17, 15) is 0 Å². The van der Waals surface area contributed by atoms with Crippen LogP contribution in [0.1, 0.15) is 26.7 Å². The second-order valence-corrected chi connectivity index (χ2v) is 3.70. The molecule has 0 amide bonds. The average molecular weight is 145 g/mol. The van der Waals surface area contributed by atoms with Crippen LogP contribution in [0.4, 0.5) is 0 Å². The number of hydrogen-bond donors (Lipinski definition) is 1. The van der Waals surface area contributed by atoms with Gasteiger partial charge >= 0.3 is 0 Å². The van der Waals surface area contributed by atoms with Crippen LogP contribution in [0.3, 0.4) is 0 Å². The highest BCUT2D eigenvalue weighted by Crippen LogP contribution is 2.24. The van der Waals surface area contributed by atoms with Gasteiger partial charge in [0.25, 0.3) is 0 Å². The van der Waals surface area contributed by atoms with E-state index in [-0.39, 0.29) is 0 Å². The summed E-state index contributed by atoms with van der Waals surface area (Å²) in [6.45, 7) is 4.53. The van der Waals surface area contributed by atoms with E-state index in [0.29, 0.717) is 0 Å². The van der Waals surface area contributed by atoms with Crippen LogP contribution in [0.15, 0.2) is 0 Å². The molecule has 1 saturated heterocycles. The number of rotatable bonds is 2. The summed E-state index contributed by atoms with van der Waals surface area (Å²) < 4.78 is 0. The van der Waals surface area contributed by atoms with E-state index in [1.54, 1.807) is 0 Å². The van der Waals surface area contributed by atoms with Crippen LogP contribution in [0.5, 0.6) is 0 Å². The summed E-state index contributed by atoms with van der Waals surface area (Å²) in [6.07, 6.45) is 2.60. The SMILES string of the molecule is CC[C@@H]1NCS[C@@H]1CC. The molecule has 0 saturated carbocycles. The minimum atomic E-state index is 0.792. The van der Waals surface area contributed by atoms with Crippen molar-refractivity contribution in [1.82, 2.24) is 5.32 Å². The molecule has 0 aromatic rings. The molecule has 1 aliphatic rings. The van der Waals surface area contributed by atoms with Crippen molar-refractivity contribution in [2.24, 2.45) is 0 Å². The fourth-order valence-electron chi connectivity index (χ4n) is 1.32. The Morgan fingerprint density at radius 2 is 2.22 bits per heavy atom. The molecular weight excluding hydrogens is 130 g/mol. The Balaban J connectivity index is 2.32. The van der Waals surface area contributed by atoms with Gasteiger partial charge in [-0.1, -0.05) is 13.8 Å². The van der Waals surface area contributed by atoms with Crippen molar-refractivity contribution in [1.29, 1.82) is 0 Å². The lowest BCUT2D eigenvalue weighted by molar-refractivity contribution is 0.534. The number of hydrogen-bond acceptors (Lipinski definition) is 2. The molecule has 0 aliphatic carbocycles. The molecule has 0 aromatic heterocycles. The molecule has 0 unspecified atom stereocenters. The molecule has 1 heterocycles. The smallest absolute Gasteiger partial charge is 0.0423 e. The van der Waals surface area contributed by atoms with E-state index in [1.165, 1.54) is 12.8 Å². The molecular formula is C7H15NS. The van der Waals surface area contributed by atoms with Crippen molar-refractivity contribution in [3.63, 3.8) is 0 Å². The Morgan fingerprint density at radius 3 is 2.67 bits per heavy atom. The van der Waals surface area contributed by atoms with Gasteiger partial charge in [-0.25, -0.2) is 0 Å². The Labute approximate surface area is 61.6 Å². The molecule has 2 heteroatoms. The van der Waals surface area contributed by atoms with Gasteiger partial charge in [-0.15, -0.1) is 11.8 Å². The highest BCUT2D eigenvalue weighted by atomic mass is 32.2.